The zero-order valence-electron chi connectivity index (χ0n) is 9.75. The molecule has 3 nitrogen and oxygen atoms in total. The van der Waals surface area contributed by atoms with E-state index in [1.165, 1.54) is 6.21 Å². The average molecular weight is 717 g/mol. The van der Waals surface area contributed by atoms with E-state index >= 15 is 0 Å². The molecule has 0 saturated carbocycles. The number of hydrogen-bond donors (Lipinski definition) is 2. The molecule has 0 heterocycles. The van der Waals surface area contributed by atoms with Crippen LogP contribution in [0.4, 0.5) is 0 Å². The molecule has 2 aromatic rings. The minimum atomic E-state index is 0.280. The minimum absolute atomic E-state index is 0.280. The molecule has 0 aromatic heterocycles. The van der Waals surface area contributed by atoms with Gasteiger partial charge in [0.15, 0.2) is 5.75 Å². The van der Waals surface area contributed by atoms with Gasteiger partial charge in [-0.3, -0.25) is 0 Å². The van der Waals surface area contributed by atoms with Crippen LogP contribution in [0.25, 0.3) is 0 Å². The lowest BCUT2D eigenvalue weighted by molar-refractivity contribution is 0.455. The summed E-state index contributed by atoms with van der Waals surface area (Å²) in [6.07, 6.45) is 1.32. The maximum absolute atomic E-state index is 9.78. The van der Waals surface area contributed by atoms with Gasteiger partial charge in [-0.15, -0.1) is 0 Å². The molecule has 2 aromatic carbocycles. The van der Waals surface area contributed by atoms with Crippen LogP contribution in [-0.2, 0) is 0 Å². The lowest BCUT2D eigenvalue weighted by atomic mass is 10.2. The van der Waals surface area contributed by atoms with E-state index in [-0.39, 0.29) is 5.75 Å². The molecular formula is C13H7I4NO2. The van der Waals surface area contributed by atoms with Crippen molar-refractivity contribution in [3.63, 3.8) is 0 Å². The van der Waals surface area contributed by atoms with Gasteiger partial charge in [0.1, 0.15) is 11.5 Å². The third-order valence-corrected chi connectivity index (χ3v) is 5.64. The van der Waals surface area contributed by atoms with Crippen LogP contribution >= 0.6 is 90.4 Å². The highest BCUT2D eigenvalue weighted by Gasteiger charge is 2.12. The molecule has 0 bridgehead atoms. The Labute approximate surface area is 170 Å². The molecule has 0 aliphatic rings. The van der Waals surface area contributed by atoms with E-state index in [1.54, 1.807) is 12.1 Å². The molecule has 2 rings (SSSR count). The molecule has 0 amide bonds. The summed E-state index contributed by atoms with van der Waals surface area (Å²) < 4.78 is 9.36. The van der Waals surface area contributed by atoms with Crippen LogP contribution in [0.2, 0.25) is 0 Å². The maximum Gasteiger partial charge on any atom is 0.154 e. The van der Waals surface area contributed by atoms with Crippen LogP contribution in [0.5, 0.6) is 17.2 Å². The lowest BCUT2D eigenvalue weighted by Crippen LogP contribution is -1.94. The van der Waals surface area contributed by atoms with Gasteiger partial charge < -0.3 is 15.3 Å². The quantitative estimate of drug-likeness (QED) is 0.321. The maximum atomic E-state index is 9.78. The Morgan fingerprint density at radius 3 is 1.85 bits per heavy atom. The van der Waals surface area contributed by atoms with Gasteiger partial charge >= 0.3 is 0 Å². The number of rotatable bonds is 3. The lowest BCUT2D eigenvalue weighted by Gasteiger charge is -2.12. The SMILES string of the molecule is N=Cc1cc(I)c(Oc2cc(I)c(O)c(I)c2)c(I)c1. The van der Waals surface area contributed by atoms with E-state index in [1.807, 2.05) is 12.1 Å². The highest BCUT2D eigenvalue weighted by molar-refractivity contribution is 14.1. The van der Waals surface area contributed by atoms with E-state index in [4.69, 9.17) is 10.1 Å². The standard InChI is InChI=1S/C13H7I4NO2/c14-8-3-7(4-9(15)12(8)19)20-13-10(16)1-6(5-18)2-11(13)17/h1-5,18-19H. The van der Waals surface area contributed by atoms with Crippen molar-refractivity contribution in [1.82, 2.24) is 0 Å². The van der Waals surface area contributed by atoms with E-state index < -0.39 is 0 Å². The first-order valence-electron chi connectivity index (χ1n) is 5.27. The molecule has 104 valence electrons. The van der Waals surface area contributed by atoms with Gasteiger partial charge in [0, 0.05) is 6.21 Å². The Morgan fingerprint density at radius 1 is 0.900 bits per heavy atom. The number of aromatic hydroxyl groups is 1. The predicted molar refractivity (Wildman–Crippen MR) is 113 cm³/mol. The van der Waals surface area contributed by atoms with Gasteiger partial charge in [0.25, 0.3) is 0 Å². The van der Waals surface area contributed by atoms with Gasteiger partial charge in [-0.25, -0.2) is 0 Å². The molecule has 2 N–H and O–H groups in total. The second-order valence-electron chi connectivity index (χ2n) is 3.80. The summed E-state index contributed by atoms with van der Waals surface area (Å²) >= 11 is 8.56. The molecule has 0 unspecified atom stereocenters. The Kier molecular flexibility index (Phi) is 6.17. The summed E-state index contributed by atoms with van der Waals surface area (Å²) in [7, 11) is 0. The number of ether oxygens (including phenoxy) is 1. The number of halogens is 4. The van der Waals surface area contributed by atoms with Gasteiger partial charge in [0.05, 0.1) is 14.3 Å². The Morgan fingerprint density at radius 2 is 1.40 bits per heavy atom. The molecule has 0 atom stereocenters. The fourth-order valence-electron chi connectivity index (χ4n) is 1.48. The van der Waals surface area contributed by atoms with Crippen molar-refractivity contribution in [2.75, 3.05) is 0 Å². The molecule has 0 fully saturated rings. The van der Waals surface area contributed by atoms with Crippen LogP contribution in [-0.4, -0.2) is 11.3 Å². The smallest absolute Gasteiger partial charge is 0.154 e. The first-order chi connectivity index (χ1) is 9.42. The van der Waals surface area contributed by atoms with E-state index in [2.05, 4.69) is 90.4 Å². The molecule has 0 saturated heterocycles. The van der Waals surface area contributed by atoms with Gasteiger partial charge in [-0.1, -0.05) is 0 Å². The second-order valence-corrected chi connectivity index (χ2v) is 8.44. The Balaban J connectivity index is 2.42. The van der Waals surface area contributed by atoms with Crippen LogP contribution in [0.3, 0.4) is 0 Å². The predicted octanol–water partition coefficient (Wildman–Crippen LogP) is 5.60. The highest BCUT2D eigenvalue weighted by atomic mass is 127. The van der Waals surface area contributed by atoms with Crippen molar-refractivity contribution < 1.29 is 9.84 Å². The van der Waals surface area contributed by atoms with Crippen LogP contribution in [0.15, 0.2) is 24.3 Å². The largest absolute Gasteiger partial charge is 0.506 e. The number of hydrogen-bond acceptors (Lipinski definition) is 3. The molecule has 0 aliphatic carbocycles. The molecule has 0 aliphatic heterocycles. The second kappa shape index (κ2) is 7.26. The summed E-state index contributed by atoms with van der Waals surface area (Å²) in [6.45, 7) is 0. The van der Waals surface area contributed by atoms with Crippen molar-refractivity contribution in [2.45, 2.75) is 0 Å². The summed E-state index contributed by atoms with van der Waals surface area (Å²) in [6, 6.07) is 7.41. The Hall–Kier alpha value is 0.630. The van der Waals surface area contributed by atoms with Crippen molar-refractivity contribution in [1.29, 1.82) is 5.41 Å². The van der Waals surface area contributed by atoms with Crippen LogP contribution in [0.1, 0.15) is 5.56 Å². The monoisotopic (exact) mass is 717 g/mol. The van der Waals surface area contributed by atoms with Crippen molar-refractivity contribution in [2.24, 2.45) is 0 Å². The number of phenols is 1. The fourth-order valence-corrected chi connectivity index (χ4v) is 5.23. The number of phenolic OH excluding ortho intramolecular Hbond substituents is 1. The minimum Gasteiger partial charge on any atom is -0.506 e. The molecule has 7 heteroatoms. The topological polar surface area (TPSA) is 53.3 Å². The normalized spacial score (nSPS) is 10.4. The molecular weight excluding hydrogens is 710 g/mol. The molecule has 0 radical (unpaired) electrons. The number of nitrogens with one attached hydrogen (secondary N) is 1. The van der Waals surface area contributed by atoms with Crippen molar-refractivity contribution in [3.05, 3.63) is 44.1 Å². The summed E-state index contributed by atoms with van der Waals surface area (Å²) in [5.41, 5.74) is 0.848. The highest BCUT2D eigenvalue weighted by Crippen LogP contribution is 2.36. The molecule has 20 heavy (non-hydrogen) atoms. The van der Waals surface area contributed by atoms with Gasteiger partial charge in [-0.2, -0.15) is 0 Å². The summed E-state index contributed by atoms with van der Waals surface area (Å²) in [5, 5.41) is 17.1. The average Bonchev–Trinajstić information content (AvgIpc) is 2.39. The first-order valence-corrected chi connectivity index (χ1v) is 9.59. The summed E-state index contributed by atoms with van der Waals surface area (Å²) in [4.78, 5) is 0. The first kappa shape index (κ1) is 17.0. The summed E-state index contributed by atoms with van der Waals surface area (Å²) in [5.74, 6) is 1.74. The van der Waals surface area contributed by atoms with Crippen molar-refractivity contribution in [3.8, 4) is 17.2 Å². The van der Waals surface area contributed by atoms with Crippen LogP contribution in [0, 0.1) is 19.7 Å². The third kappa shape index (κ3) is 3.88. The van der Waals surface area contributed by atoms with E-state index in [0.29, 0.717) is 5.75 Å². The van der Waals surface area contributed by atoms with Crippen LogP contribution < -0.4 is 4.74 Å². The van der Waals surface area contributed by atoms with E-state index in [0.717, 1.165) is 25.6 Å². The van der Waals surface area contributed by atoms with Gasteiger partial charge in [-0.05, 0) is 120 Å². The molecule has 0 spiro atoms. The zero-order valence-corrected chi connectivity index (χ0v) is 18.4. The van der Waals surface area contributed by atoms with E-state index in [9.17, 15) is 5.11 Å². The zero-order chi connectivity index (χ0) is 14.9. The third-order valence-electron chi connectivity index (χ3n) is 2.40. The van der Waals surface area contributed by atoms with Gasteiger partial charge in [0.2, 0.25) is 0 Å². The Bertz CT molecular complexity index is 642. The fraction of sp³-hybridized carbons (Fsp3) is 0. The number of benzene rings is 2. The van der Waals surface area contributed by atoms with Crippen molar-refractivity contribution >= 4 is 96.6 Å².